The lowest BCUT2D eigenvalue weighted by Gasteiger charge is -2.39. The van der Waals surface area contributed by atoms with E-state index in [0.29, 0.717) is 24.2 Å². The Balaban J connectivity index is 2.38. The lowest BCUT2D eigenvalue weighted by atomic mass is 9.90. The van der Waals surface area contributed by atoms with E-state index < -0.39 is 4.92 Å². The fraction of sp³-hybridized carbons (Fsp3) is 0.500. The van der Waals surface area contributed by atoms with E-state index >= 15 is 0 Å². The van der Waals surface area contributed by atoms with Crippen LogP contribution in [0.25, 0.3) is 0 Å². The highest BCUT2D eigenvalue weighted by atomic mass is 16.6. The Labute approximate surface area is 117 Å². The van der Waals surface area contributed by atoms with E-state index in [2.05, 4.69) is 0 Å². The van der Waals surface area contributed by atoms with E-state index in [1.807, 2.05) is 11.0 Å². The van der Waals surface area contributed by atoms with Crippen LogP contribution in [0.2, 0.25) is 0 Å². The molecule has 0 aromatic heterocycles. The predicted octanol–water partition coefficient (Wildman–Crippen LogP) is 2.21. The van der Waals surface area contributed by atoms with Crippen LogP contribution in [0.3, 0.4) is 0 Å². The van der Waals surface area contributed by atoms with E-state index in [1.54, 1.807) is 6.07 Å². The molecule has 1 aromatic carbocycles. The Kier molecular flexibility index (Phi) is 4.53. The molecular weight excluding hydrogens is 258 g/mol. The molecule has 0 unspecified atom stereocenters. The molecule has 6 heteroatoms. The van der Waals surface area contributed by atoms with Crippen molar-refractivity contribution in [3.8, 4) is 6.07 Å². The van der Waals surface area contributed by atoms with E-state index in [-0.39, 0.29) is 18.3 Å². The number of aliphatic hydroxyl groups excluding tert-OH is 1. The SMILES string of the molecule is N#Cc1ccc([N+](=O)[O-])c(N(CCCO)C2CCC2)c1. The van der Waals surface area contributed by atoms with Crippen molar-refractivity contribution in [3.05, 3.63) is 33.9 Å². The molecule has 1 fully saturated rings. The molecule has 0 bridgehead atoms. The molecule has 1 aliphatic carbocycles. The van der Waals surface area contributed by atoms with Gasteiger partial charge in [0.1, 0.15) is 5.69 Å². The first-order chi connectivity index (χ1) is 9.67. The molecule has 6 nitrogen and oxygen atoms in total. The van der Waals surface area contributed by atoms with Gasteiger partial charge in [-0.05, 0) is 37.8 Å². The number of anilines is 1. The van der Waals surface area contributed by atoms with Crippen LogP contribution in [0.1, 0.15) is 31.2 Å². The third kappa shape index (κ3) is 2.89. The number of rotatable bonds is 6. The number of hydrogen-bond donors (Lipinski definition) is 1. The Morgan fingerprint density at radius 3 is 2.75 bits per heavy atom. The lowest BCUT2D eigenvalue weighted by Crippen LogP contribution is -2.41. The highest BCUT2D eigenvalue weighted by Crippen LogP contribution is 2.36. The number of hydrogen-bond acceptors (Lipinski definition) is 5. The summed E-state index contributed by atoms with van der Waals surface area (Å²) < 4.78 is 0. The minimum Gasteiger partial charge on any atom is -0.396 e. The van der Waals surface area contributed by atoms with Crippen LogP contribution in [0.4, 0.5) is 11.4 Å². The van der Waals surface area contributed by atoms with Crippen molar-refractivity contribution in [2.45, 2.75) is 31.7 Å². The maximum absolute atomic E-state index is 11.2. The van der Waals surface area contributed by atoms with Gasteiger partial charge in [-0.25, -0.2) is 0 Å². The average molecular weight is 275 g/mol. The molecule has 106 valence electrons. The van der Waals surface area contributed by atoms with Gasteiger partial charge in [-0.3, -0.25) is 10.1 Å². The Bertz CT molecular complexity index is 535. The summed E-state index contributed by atoms with van der Waals surface area (Å²) in [5, 5.41) is 29.2. The highest BCUT2D eigenvalue weighted by Gasteiger charge is 2.29. The van der Waals surface area contributed by atoms with Gasteiger partial charge in [0.25, 0.3) is 5.69 Å². The average Bonchev–Trinajstić information content (AvgIpc) is 2.40. The van der Waals surface area contributed by atoms with Crippen LogP contribution in [0.5, 0.6) is 0 Å². The molecule has 20 heavy (non-hydrogen) atoms. The molecule has 0 amide bonds. The fourth-order valence-electron chi connectivity index (χ4n) is 2.42. The van der Waals surface area contributed by atoms with Gasteiger partial charge in [0, 0.05) is 25.3 Å². The maximum Gasteiger partial charge on any atom is 0.292 e. The van der Waals surface area contributed by atoms with Gasteiger partial charge in [0.2, 0.25) is 0 Å². The zero-order valence-electron chi connectivity index (χ0n) is 11.2. The normalized spacial score (nSPS) is 14.4. The Morgan fingerprint density at radius 1 is 1.50 bits per heavy atom. The van der Waals surface area contributed by atoms with Crippen LogP contribution in [-0.2, 0) is 0 Å². The molecule has 2 rings (SSSR count). The largest absolute Gasteiger partial charge is 0.396 e. The zero-order valence-corrected chi connectivity index (χ0v) is 11.2. The summed E-state index contributed by atoms with van der Waals surface area (Å²) in [6.07, 6.45) is 3.68. The molecule has 0 atom stereocenters. The first kappa shape index (κ1) is 14.3. The molecule has 1 saturated carbocycles. The summed E-state index contributed by atoms with van der Waals surface area (Å²) >= 11 is 0. The zero-order chi connectivity index (χ0) is 14.5. The number of nitrogens with zero attached hydrogens (tertiary/aromatic N) is 3. The van der Waals surface area contributed by atoms with Crippen molar-refractivity contribution in [3.63, 3.8) is 0 Å². The first-order valence-corrected chi connectivity index (χ1v) is 6.73. The monoisotopic (exact) mass is 275 g/mol. The summed E-state index contributed by atoms with van der Waals surface area (Å²) in [6.45, 7) is 0.617. The third-order valence-electron chi connectivity index (χ3n) is 3.68. The second kappa shape index (κ2) is 6.35. The van der Waals surface area contributed by atoms with Gasteiger partial charge in [-0.15, -0.1) is 0 Å². The molecule has 0 saturated heterocycles. The number of nitro groups is 1. The molecule has 0 heterocycles. The summed E-state index contributed by atoms with van der Waals surface area (Å²) in [6, 6.07) is 6.72. The second-order valence-electron chi connectivity index (χ2n) is 4.93. The van der Waals surface area contributed by atoms with Gasteiger partial charge >= 0.3 is 0 Å². The van der Waals surface area contributed by atoms with Crippen LogP contribution >= 0.6 is 0 Å². The summed E-state index contributed by atoms with van der Waals surface area (Å²) in [5.41, 5.74) is 0.931. The van der Waals surface area contributed by atoms with Crippen molar-refractivity contribution >= 4 is 11.4 Å². The lowest BCUT2D eigenvalue weighted by molar-refractivity contribution is -0.384. The van der Waals surface area contributed by atoms with E-state index in [4.69, 9.17) is 10.4 Å². The smallest absolute Gasteiger partial charge is 0.292 e. The van der Waals surface area contributed by atoms with Crippen molar-refractivity contribution in [1.82, 2.24) is 0 Å². The Morgan fingerprint density at radius 2 is 2.25 bits per heavy atom. The maximum atomic E-state index is 11.2. The number of nitriles is 1. The first-order valence-electron chi connectivity index (χ1n) is 6.73. The van der Waals surface area contributed by atoms with Gasteiger partial charge in [0.15, 0.2) is 0 Å². The summed E-state index contributed by atoms with van der Waals surface area (Å²) in [5.74, 6) is 0. The summed E-state index contributed by atoms with van der Waals surface area (Å²) in [4.78, 5) is 12.7. The number of nitro benzene ring substituents is 1. The standard InChI is InChI=1S/C14H17N3O3/c15-10-11-5-6-13(17(19)20)14(9-11)16(7-2-8-18)12-3-1-4-12/h5-6,9,12,18H,1-4,7-8H2. The van der Waals surface area contributed by atoms with Crippen molar-refractivity contribution < 1.29 is 10.0 Å². The molecule has 0 spiro atoms. The number of benzene rings is 1. The quantitative estimate of drug-likeness (QED) is 0.635. The molecule has 0 radical (unpaired) electrons. The van der Waals surface area contributed by atoms with Crippen LogP contribution in [-0.4, -0.2) is 29.2 Å². The Hall–Kier alpha value is -2.13. The van der Waals surface area contributed by atoms with E-state index in [9.17, 15) is 10.1 Å². The van der Waals surface area contributed by atoms with Crippen molar-refractivity contribution in [2.75, 3.05) is 18.1 Å². The van der Waals surface area contributed by atoms with Crippen LogP contribution < -0.4 is 4.90 Å². The fourth-order valence-corrected chi connectivity index (χ4v) is 2.42. The highest BCUT2D eigenvalue weighted by molar-refractivity contribution is 5.66. The van der Waals surface area contributed by atoms with Crippen molar-refractivity contribution in [2.24, 2.45) is 0 Å². The van der Waals surface area contributed by atoms with Gasteiger partial charge in [0.05, 0.1) is 16.6 Å². The molecule has 1 aromatic rings. The van der Waals surface area contributed by atoms with E-state index in [0.717, 1.165) is 19.3 Å². The van der Waals surface area contributed by atoms with E-state index in [1.165, 1.54) is 12.1 Å². The van der Waals surface area contributed by atoms with Crippen LogP contribution in [0.15, 0.2) is 18.2 Å². The predicted molar refractivity (Wildman–Crippen MR) is 74.5 cm³/mol. The third-order valence-corrected chi connectivity index (χ3v) is 3.68. The van der Waals surface area contributed by atoms with Crippen molar-refractivity contribution in [1.29, 1.82) is 5.26 Å². The molecule has 1 aliphatic rings. The van der Waals surface area contributed by atoms with Crippen LogP contribution in [0, 0.1) is 21.4 Å². The summed E-state index contributed by atoms with van der Waals surface area (Å²) in [7, 11) is 0. The molecule has 1 N–H and O–H groups in total. The molecular formula is C14H17N3O3. The minimum atomic E-state index is -0.416. The molecule has 0 aliphatic heterocycles. The van der Waals surface area contributed by atoms with Gasteiger partial charge in [-0.2, -0.15) is 5.26 Å². The van der Waals surface area contributed by atoms with Gasteiger partial charge < -0.3 is 10.0 Å². The minimum absolute atomic E-state index is 0.0221. The number of aliphatic hydroxyl groups is 1. The van der Waals surface area contributed by atoms with Gasteiger partial charge in [-0.1, -0.05) is 0 Å². The second-order valence-corrected chi connectivity index (χ2v) is 4.93. The topological polar surface area (TPSA) is 90.4 Å².